The molecule has 2 atom stereocenters. The topological polar surface area (TPSA) is 37.3 Å². The molecule has 0 heterocycles. The predicted octanol–water partition coefficient (Wildman–Crippen LogP) is 2.68. The number of aliphatic carboxylic acids is 1. The fraction of sp³-hybridized carbons (Fsp3) is 0.750. The second-order valence-electron chi connectivity index (χ2n) is 4.21. The number of hydrogen-bond donors (Lipinski definition) is 1. The average molecular weight is 194 g/mol. The van der Waals surface area contributed by atoms with Crippen LogP contribution < -0.4 is 0 Å². The van der Waals surface area contributed by atoms with Crippen LogP contribution in [0.5, 0.6) is 0 Å². The van der Waals surface area contributed by atoms with Crippen LogP contribution in [0.1, 0.15) is 46.0 Å². The van der Waals surface area contributed by atoms with E-state index in [9.17, 15) is 9.90 Å². The van der Waals surface area contributed by atoms with Crippen LogP contribution in [0.25, 0.3) is 0 Å². The lowest BCUT2D eigenvalue weighted by Crippen LogP contribution is -2.27. The van der Waals surface area contributed by atoms with Crippen LogP contribution in [-0.2, 0) is 4.79 Å². The molecule has 1 saturated carbocycles. The van der Waals surface area contributed by atoms with Crippen LogP contribution in [0, 0.1) is 23.2 Å². The second-order valence-corrected chi connectivity index (χ2v) is 4.21. The summed E-state index contributed by atoms with van der Waals surface area (Å²) in [5, 5.41) is 9.24. The van der Waals surface area contributed by atoms with Crippen LogP contribution >= 0.6 is 0 Å². The molecule has 1 aliphatic carbocycles. The first-order valence-corrected chi connectivity index (χ1v) is 5.27. The van der Waals surface area contributed by atoms with Gasteiger partial charge in [0.1, 0.15) is 0 Å². The highest BCUT2D eigenvalue weighted by Crippen LogP contribution is 2.45. The summed E-state index contributed by atoms with van der Waals surface area (Å²) in [6.07, 6.45) is 4.28. The van der Waals surface area contributed by atoms with Crippen molar-refractivity contribution < 1.29 is 9.90 Å². The third-order valence-electron chi connectivity index (χ3n) is 3.35. The SMILES string of the molecule is CC#CCC1(C(=O)O)CCC(CC)C1. The first kappa shape index (κ1) is 11.1. The zero-order valence-electron chi connectivity index (χ0n) is 8.97. The zero-order valence-corrected chi connectivity index (χ0v) is 8.97. The fourth-order valence-electron chi connectivity index (χ4n) is 2.27. The standard InChI is InChI=1S/C12H18O2/c1-3-5-7-12(11(13)14)8-6-10(4-2)9-12/h10H,4,6-9H2,1-2H3,(H,13,14). The number of carbonyl (C=O) groups is 1. The molecule has 2 nitrogen and oxygen atoms in total. The van der Waals surface area contributed by atoms with Gasteiger partial charge in [-0.15, -0.1) is 11.8 Å². The third kappa shape index (κ3) is 2.09. The van der Waals surface area contributed by atoms with Gasteiger partial charge in [-0.1, -0.05) is 13.3 Å². The van der Waals surface area contributed by atoms with E-state index in [4.69, 9.17) is 0 Å². The molecule has 0 bridgehead atoms. The molecule has 1 rings (SSSR count). The van der Waals surface area contributed by atoms with Gasteiger partial charge in [-0.3, -0.25) is 4.79 Å². The maximum Gasteiger partial charge on any atom is 0.310 e. The molecule has 0 aliphatic heterocycles. The van der Waals surface area contributed by atoms with Crippen LogP contribution in [0.2, 0.25) is 0 Å². The number of carboxylic acid groups (broad SMARTS) is 1. The number of carboxylic acids is 1. The maximum atomic E-state index is 11.2. The fourth-order valence-corrected chi connectivity index (χ4v) is 2.27. The van der Waals surface area contributed by atoms with Gasteiger partial charge in [0.2, 0.25) is 0 Å². The molecule has 1 fully saturated rings. The van der Waals surface area contributed by atoms with Gasteiger partial charge in [0.05, 0.1) is 5.41 Å². The lowest BCUT2D eigenvalue weighted by molar-refractivity contribution is -0.148. The Morgan fingerprint density at radius 3 is 2.79 bits per heavy atom. The molecule has 0 aromatic carbocycles. The normalized spacial score (nSPS) is 30.9. The van der Waals surface area contributed by atoms with Gasteiger partial charge < -0.3 is 5.11 Å². The molecule has 0 spiro atoms. The van der Waals surface area contributed by atoms with Crippen molar-refractivity contribution in [2.45, 2.75) is 46.0 Å². The van der Waals surface area contributed by atoms with Crippen molar-refractivity contribution in [2.24, 2.45) is 11.3 Å². The van der Waals surface area contributed by atoms with Crippen molar-refractivity contribution >= 4 is 5.97 Å². The van der Waals surface area contributed by atoms with Crippen molar-refractivity contribution in [3.63, 3.8) is 0 Å². The van der Waals surface area contributed by atoms with Crippen molar-refractivity contribution in [3.05, 3.63) is 0 Å². The summed E-state index contributed by atoms with van der Waals surface area (Å²) in [4.78, 5) is 11.2. The van der Waals surface area contributed by atoms with Crippen LogP contribution in [0.4, 0.5) is 0 Å². The van der Waals surface area contributed by atoms with E-state index in [-0.39, 0.29) is 0 Å². The molecule has 2 heteroatoms. The van der Waals surface area contributed by atoms with Gasteiger partial charge in [0, 0.05) is 6.42 Å². The Balaban J connectivity index is 2.73. The van der Waals surface area contributed by atoms with E-state index in [0.717, 1.165) is 25.7 Å². The third-order valence-corrected chi connectivity index (χ3v) is 3.35. The molecule has 0 radical (unpaired) electrons. The summed E-state index contributed by atoms with van der Waals surface area (Å²) in [5.74, 6) is 5.65. The van der Waals surface area contributed by atoms with E-state index in [1.54, 1.807) is 6.92 Å². The highest BCUT2D eigenvalue weighted by molar-refractivity contribution is 5.75. The maximum absolute atomic E-state index is 11.2. The largest absolute Gasteiger partial charge is 0.481 e. The molecule has 1 aliphatic rings. The Morgan fingerprint density at radius 1 is 1.64 bits per heavy atom. The Bertz CT molecular complexity index is 272. The highest BCUT2D eigenvalue weighted by Gasteiger charge is 2.44. The Hall–Kier alpha value is -0.970. The highest BCUT2D eigenvalue weighted by atomic mass is 16.4. The van der Waals surface area contributed by atoms with Gasteiger partial charge in [-0.05, 0) is 32.1 Å². The average Bonchev–Trinajstić information content (AvgIpc) is 2.59. The minimum atomic E-state index is -0.656. The lowest BCUT2D eigenvalue weighted by atomic mass is 9.82. The Labute approximate surface area is 85.7 Å². The van der Waals surface area contributed by atoms with E-state index in [1.165, 1.54) is 0 Å². The summed E-state index contributed by atoms with van der Waals surface area (Å²) < 4.78 is 0. The first-order valence-electron chi connectivity index (χ1n) is 5.27. The quantitative estimate of drug-likeness (QED) is 0.701. The Kier molecular flexibility index (Phi) is 3.57. The molecular weight excluding hydrogens is 176 g/mol. The molecular formula is C12H18O2. The van der Waals surface area contributed by atoms with Crippen molar-refractivity contribution in [2.75, 3.05) is 0 Å². The summed E-state index contributed by atoms with van der Waals surface area (Å²) >= 11 is 0. The zero-order chi connectivity index (χ0) is 10.6. The summed E-state index contributed by atoms with van der Waals surface area (Å²) in [6, 6.07) is 0. The first-order chi connectivity index (χ1) is 6.64. The molecule has 0 aromatic rings. The van der Waals surface area contributed by atoms with Crippen LogP contribution in [0.15, 0.2) is 0 Å². The molecule has 0 aromatic heterocycles. The summed E-state index contributed by atoms with van der Waals surface area (Å²) in [6.45, 7) is 3.90. The van der Waals surface area contributed by atoms with Crippen molar-refractivity contribution in [1.82, 2.24) is 0 Å². The van der Waals surface area contributed by atoms with Gasteiger partial charge in [0.15, 0.2) is 0 Å². The molecule has 78 valence electrons. The second kappa shape index (κ2) is 4.50. The van der Waals surface area contributed by atoms with E-state index in [2.05, 4.69) is 18.8 Å². The van der Waals surface area contributed by atoms with E-state index in [1.807, 2.05) is 0 Å². The lowest BCUT2D eigenvalue weighted by Gasteiger charge is -2.21. The molecule has 0 amide bonds. The smallest absolute Gasteiger partial charge is 0.310 e. The predicted molar refractivity (Wildman–Crippen MR) is 55.8 cm³/mol. The van der Waals surface area contributed by atoms with E-state index < -0.39 is 11.4 Å². The van der Waals surface area contributed by atoms with Crippen molar-refractivity contribution in [3.8, 4) is 11.8 Å². The van der Waals surface area contributed by atoms with Gasteiger partial charge in [0.25, 0.3) is 0 Å². The monoisotopic (exact) mass is 194 g/mol. The molecule has 1 N–H and O–H groups in total. The van der Waals surface area contributed by atoms with Crippen LogP contribution in [-0.4, -0.2) is 11.1 Å². The minimum Gasteiger partial charge on any atom is -0.481 e. The van der Waals surface area contributed by atoms with Gasteiger partial charge in [-0.25, -0.2) is 0 Å². The van der Waals surface area contributed by atoms with Gasteiger partial charge in [-0.2, -0.15) is 0 Å². The van der Waals surface area contributed by atoms with Crippen LogP contribution in [0.3, 0.4) is 0 Å². The van der Waals surface area contributed by atoms with E-state index in [0.29, 0.717) is 12.3 Å². The minimum absolute atomic E-state index is 0.523. The van der Waals surface area contributed by atoms with Crippen molar-refractivity contribution in [1.29, 1.82) is 0 Å². The molecule has 2 unspecified atom stereocenters. The van der Waals surface area contributed by atoms with E-state index >= 15 is 0 Å². The molecule has 14 heavy (non-hydrogen) atoms. The molecule has 0 saturated heterocycles. The summed E-state index contributed by atoms with van der Waals surface area (Å²) in [5.41, 5.74) is -0.538. The summed E-state index contributed by atoms with van der Waals surface area (Å²) in [7, 11) is 0. The van der Waals surface area contributed by atoms with Gasteiger partial charge >= 0.3 is 5.97 Å². The Morgan fingerprint density at radius 2 is 2.36 bits per heavy atom. The number of hydrogen-bond acceptors (Lipinski definition) is 1. The number of rotatable bonds is 3.